The van der Waals surface area contributed by atoms with E-state index in [4.69, 9.17) is 11.6 Å². The number of halogens is 1. The van der Waals surface area contributed by atoms with Crippen molar-refractivity contribution in [2.24, 2.45) is 0 Å². The number of hydrogen-bond acceptors (Lipinski definition) is 3. The van der Waals surface area contributed by atoms with E-state index in [1.165, 1.54) is 4.31 Å². The van der Waals surface area contributed by atoms with Crippen LogP contribution in [-0.2, 0) is 14.8 Å². The molecule has 1 aliphatic rings. The molecule has 1 unspecified atom stereocenters. The Kier molecular flexibility index (Phi) is 6.52. The highest BCUT2D eigenvalue weighted by molar-refractivity contribution is 7.92. The molecule has 0 aromatic heterocycles. The Hall–Kier alpha value is -1.27. The molecule has 1 saturated heterocycles. The van der Waals surface area contributed by atoms with Crippen molar-refractivity contribution in [3.8, 4) is 0 Å². The first-order valence-electron chi connectivity index (χ1n) is 8.36. The molecule has 0 N–H and O–H groups in total. The first-order chi connectivity index (χ1) is 11.3. The predicted octanol–water partition coefficient (Wildman–Crippen LogP) is 3.29. The van der Waals surface area contributed by atoms with Crippen molar-refractivity contribution in [1.29, 1.82) is 0 Å². The van der Waals surface area contributed by atoms with Crippen LogP contribution in [0.2, 0.25) is 5.02 Å². The average Bonchev–Trinajstić information content (AvgIpc) is 2.55. The molecule has 0 spiro atoms. The fourth-order valence-corrected chi connectivity index (χ4v) is 4.44. The first kappa shape index (κ1) is 19.1. The van der Waals surface area contributed by atoms with Crippen molar-refractivity contribution in [3.05, 3.63) is 29.3 Å². The lowest BCUT2D eigenvalue weighted by Crippen LogP contribution is -2.44. The highest BCUT2D eigenvalue weighted by atomic mass is 35.5. The van der Waals surface area contributed by atoms with Gasteiger partial charge >= 0.3 is 0 Å². The molecule has 0 radical (unpaired) electrons. The second-order valence-corrected chi connectivity index (χ2v) is 8.50. The van der Waals surface area contributed by atoms with Gasteiger partial charge in [-0.05, 0) is 37.8 Å². The summed E-state index contributed by atoms with van der Waals surface area (Å²) in [6.45, 7) is 2.96. The summed E-state index contributed by atoms with van der Waals surface area (Å²) in [5.74, 6) is 0.0160. The Morgan fingerprint density at radius 3 is 2.67 bits per heavy atom. The van der Waals surface area contributed by atoms with Crippen molar-refractivity contribution in [3.63, 3.8) is 0 Å². The van der Waals surface area contributed by atoms with Gasteiger partial charge in [0, 0.05) is 25.6 Å². The van der Waals surface area contributed by atoms with Gasteiger partial charge < -0.3 is 4.90 Å². The number of para-hydroxylation sites is 1. The van der Waals surface area contributed by atoms with Gasteiger partial charge in [0.25, 0.3) is 0 Å². The third kappa shape index (κ3) is 4.63. The second-order valence-electron chi connectivity index (χ2n) is 6.18. The van der Waals surface area contributed by atoms with Gasteiger partial charge in [-0.1, -0.05) is 30.7 Å². The first-order valence-corrected chi connectivity index (χ1v) is 10.6. The molecule has 134 valence electrons. The number of nitrogens with zero attached hydrogens (tertiary/aromatic N) is 2. The van der Waals surface area contributed by atoms with Crippen LogP contribution in [0.5, 0.6) is 0 Å². The predicted molar refractivity (Wildman–Crippen MR) is 97.9 cm³/mol. The Labute approximate surface area is 149 Å². The number of rotatable bonds is 6. The SMILES string of the molecule is CCC1CCCCN1C(=O)CCN(c1ccccc1Cl)S(C)(=O)=O. The summed E-state index contributed by atoms with van der Waals surface area (Å²) in [5.41, 5.74) is 0.417. The van der Waals surface area contributed by atoms with E-state index in [2.05, 4.69) is 6.92 Å². The lowest BCUT2D eigenvalue weighted by atomic mass is 9.99. The molecular weight excluding hydrogens is 348 g/mol. The van der Waals surface area contributed by atoms with Gasteiger partial charge in [0.15, 0.2) is 0 Å². The zero-order valence-corrected chi connectivity index (χ0v) is 15.8. The van der Waals surface area contributed by atoms with E-state index in [1.807, 2.05) is 4.90 Å². The maximum atomic E-state index is 12.6. The molecule has 7 heteroatoms. The van der Waals surface area contributed by atoms with Crippen LogP contribution in [0.3, 0.4) is 0 Å². The van der Waals surface area contributed by atoms with Crippen molar-refractivity contribution < 1.29 is 13.2 Å². The largest absolute Gasteiger partial charge is 0.340 e. The fourth-order valence-electron chi connectivity index (χ4n) is 3.21. The molecule has 1 amide bonds. The summed E-state index contributed by atoms with van der Waals surface area (Å²) in [6, 6.07) is 7.06. The van der Waals surface area contributed by atoms with Gasteiger partial charge in [0.2, 0.25) is 15.9 Å². The monoisotopic (exact) mass is 372 g/mol. The molecule has 0 aliphatic carbocycles. The average molecular weight is 373 g/mol. The fraction of sp³-hybridized carbons (Fsp3) is 0.588. The molecule has 1 atom stereocenters. The third-order valence-electron chi connectivity index (χ3n) is 4.47. The molecule has 5 nitrogen and oxygen atoms in total. The van der Waals surface area contributed by atoms with Crippen LogP contribution in [0.25, 0.3) is 0 Å². The van der Waals surface area contributed by atoms with E-state index >= 15 is 0 Å². The molecule has 1 aromatic carbocycles. The summed E-state index contributed by atoms with van der Waals surface area (Å²) in [6.07, 6.45) is 5.43. The number of carbonyl (C=O) groups is 1. The second kappa shape index (κ2) is 8.21. The van der Waals surface area contributed by atoms with Crippen molar-refractivity contribution in [2.75, 3.05) is 23.7 Å². The maximum Gasteiger partial charge on any atom is 0.232 e. The Morgan fingerprint density at radius 1 is 1.33 bits per heavy atom. The number of hydrogen-bond donors (Lipinski definition) is 0. The van der Waals surface area contributed by atoms with Crippen LogP contribution < -0.4 is 4.31 Å². The highest BCUT2D eigenvalue weighted by Crippen LogP contribution is 2.28. The Bertz CT molecular complexity index is 678. The van der Waals surface area contributed by atoms with Gasteiger partial charge in [0.05, 0.1) is 17.0 Å². The minimum absolute atomic E-state index is 0.0160. The summed E-state index contributed by atoms with van der Waals surface area (Å²) in [5, 5.41) is 0.361. The molecule has 1 fully saturated rings. The van der Waals surface area contributed by atoms with Crippen LogP contribution >= 0.6 is 11.6 Å². The topological polar surface area (TPSA) is 57.7 Å². The van der Waals surface area contributed by atoms with E-state index in [0.717, 1.165) is 38.5 Å². The zero-order valence-electron chi connectivity index (χ0n) is 14.2. The van der Waals surface area contributed by atoms with Crippen molar-refractivity contribution >= 4 is 33.2 Å². The summed E-state index contributed by atoms with van der Waals surface area (Å²) >= 11 is 6.13. The van der Waals surface area contributed by atoms with E-state index in [9.17, 15) is 13.2 Å². The van der Waals surface area contributed by atoms with Crippen LogP contribution in [0.15, 0.2) is 24.3 Å². The summed E-state index contributed by atoms with van der Waals surface area (Å²) < 4.78 is 25.5. The highest BCUT2D eigenvalue weighted by Gasteiger charge is 2.27. The smallest absolute Gasteiger partial charge is 0.232 e. The number of anilines is 1. The molecule has 0 saturated carbocycles. The molecule has 1 aromatic rings. The molecular formula is C17H25ClN2O3S. The minimum atomic E-state index is -3.51. The van der Waals surface area contributed by atoms with Crippen LogP contribution in [-0.4, -0.2) is 44.6 Å². The van der Waals surface area contributed by atoms with Crippen molar-refractivity contribution in [1.82, 2.24) is 4.90 Å². The van der Waals surface area contributed by atoms with Gasteiger partial charge in [0.1, 0.15) is 0 Å². The Balaban J connectivity index is 2.11. The number of amides is 1. The number of piperidine rings is 1. The lowest BCUT2D eigenvalue weighted by Gasteiger charge is -2.36. The van der Waals surface area contributed by atoms with E-state index in [0.29, 0.717) is 10.7 Å². The third-order valence-corrected chi connectivity index (χ3v) is 5.97. The molecule has 0 bridgehead atoms. The summed E-state index contributed by atoms with van der Waals surface area (Å²) in [4.78, 5) is 14.5. The minimum Gasteiger partial charge on any atom is -0.340 e. The van der Waals surface area contributed by atoms with Crippen molar-refractivity contribution in [2.45, 2.75) is 45.1 Å². The van der Waals surface area contributed by atoms with Gasteiger partial charge in [-0.3, -0.25) is 9.10 Å². The van der Waals surface area contributed by atoms with Gasteiger partial charge in [-0.2, -0.15) is 0 Å². The molecule has 24 heavy (non-hydrogen) atoms. The molecule has 2 rings (SSSR count). The van der Waals surface area contributed by atoms with E-state index < -0.39 is 10.0 Å². The number of likely N-dealkylation sites (tertiary alicyclic amines) is 1. The van der Waals surface area contributed by atoms with Gasteiger partial charge in [-0.15, -0.1) is 0 Å². The number of carbonyl (C=O) groups excluding carboxylic acids is 1. The van der Waals surface area contributed by atoms with E-state index in [-0.39, 0.29) is 24.9 Å². The van der Waals surface area contributed by atoms with Crippen LogP contribution in [0.1, 0.15) is 39.0 Å². The standard InChI is InChI=1S/C17H25ClN2O3S/c1-3-14-8-6-7-12-19(14)17(21)11-13-20(24(2,22)23)16-10-5-4-9-15(16)18/h4-5,9-10,14H,3,6-8,11-13H2,1-2H3. The molecule has 1 aliphatic heterocycles. The van der Waals surface area contributed by atoms with Crippen LogP contribution in [0, 0.1) is 0 Å². The number of sulfonamides is 1. The number of benzene rings is 1. The normalized spacial score (nSPS) is 18.5. The summed E-state index contributed by atoms with van der Waals surface area (Å²) in [7, 11) is -3.51. The molecule has 1 heterocycles. The quantitative estimate of drug-likeness (QED) is 0.769. The van der Waals surface area contributed by atoms with Crippen LogP contribution in [0.4, 0.5) is 5.69 Å². The van der Waals surface area contributed by atoms with E-state index in [1.54, 1.807) is 24.3 Å². The maximum absolute atomic E-state index is 12.6. The Morgan fingerprint density at radius 2 is 2.04 bits per heavy atom. The zero-order chi connectivity index (χ0) is 17.7. The lowest BCUT2D eigenvalue weighted by molar-refractivity contribution is -0.134. The van der Waals surface area contributed by atoms with Gasteiger partial charge in [-0.25, -0.2) is 8.42 Å².